The van der Waals surface area contributed by atoms with E-state index in [-0.39, 0.29) is 6.01 Å². The first-order valence-corrected chi connectivity index (χ1v) is 5.25. The van der Waals surface area contributed by atoms with E-state index in [0.717, 1.165) is 4.47 Å². The predicted molar refractivity (Wildman–Crippen MR) is 61.3 cm³/mol. The molecule has 0 aliphatic rings. The predicted octanol–water partition coefficient (Wildman–Crippen LogP) is 1.94. The monoisotopic (exact) mass is 284 g/mol. The maximum Gasteiger partial charge on any atom is 0.321 e. The van der Waals surface area contributed by atoms with Gasteiger partial charge in [-0.3, -0.25) is 0 Å². The molecule has 2 aromatic heterocycles. The Kier molecular flexibility index (Phi) is 3.04. The lowest BCUT2D eigenvalue weighted by Crippen LogP contribution is -2.02. The molecular weight excluding hydrogens is 276 g/mol. The molecule has 0 amide bonds. The van der Waals surface area contributed by atoms with Gasteiger partial charge in [0.2, 0.25) is 11.8 Å². The third-order valence-electron chi connectivity index (χ3n) is 1.84. The fourth-order valence-electron chi connectivity index (χ4n) is 1.11. The van der Waals surface area contributed by atoms with Crippen molar-refractivity contribution in [3.05, 3.63) is 16.8 Å². The van der Waals surface area contributed by atoms with Gasteiger partial charge in [0.25, 0.3) is 0 Å². The van der Waals surface area contributed by atoms with Crippen molar-refractivity contribution in [3.8, 4) is 17.6 Å². The van der Waals surface area contributed by atoms with Gasteiger partial charge in [0.1, 0.15) is 0 Å². The second kappa shape index (κ2) is 4.48. The van der Waals surface area contributed by atoms with Gasteiger partial charge in [-0.1, -0.05) is 0 Å². The van der Waals surface area contributed by atoms with E-state index in [1.807, 2.05) is 0 Å². The molecule has 0 radical (unpaired) electrons. The van der Waals surface area contributed by atoms with Crippen LogP contribution in [-0.4, -0.2) is 29.1 Å². The summed E-state index contributed by atoms with van der Waals surface area (Å²) in [7, 11) is 3.21. The summed E-state index contributed by atoms with van der Waals surface area (Å²) in [6.07, 6.45) is 1.55. The molecule has 2 rings (SSSR count). The largest absolute Gasteiger partial charge is 0.467 e. The Morgan fingerprint density at radius 3 is 2.75 bits per heavy atom. The summed E-state index contributed by atoms with van der Waals surface area (Å²) >= 11 is 3.34. The summed E-state index contributed by atoms with van der Waals surface area (Å²) in [5, 5.41) is 2.82. The molecule has 0 bridgehead atoms. The van der Waals surface area contributed by atoms with Crippen LogP contribution in [0.15, 0.2) is 21.2 Å². The van der Waals surface area contributed by atoms with Gasteiger partial charge in [-0.25, -0.2) is 0 Å². The number of methoxy groups -OCH3 is 1. The fourth-order valence-corrected chi connectivity index (χ4v) is 1.49. The molecule has 16 heavy (non-hydrogen) atoms. The summed E-state index contributed by atoms with van der Waals surface area (Å²) in [5.41, 5.74) is 0. The molecule has 1 N–H and O–H groups in total. The highest BCUT2D eigenvalue weighted by Gasteiger charge is 2.13. The van der Waals surface area contributed by atoms with E-state index in [0.29, 0.717) is 17.5 Å². The van der Waals surface area contributed by atoms with Crippen LogP contribution < -0.4 is 10.1 Å². The van der Waals surface area contributed by atoms with Crippen molar-refractivity contribution < 1.29 is 9.15 Å². The van der Waals surface area contributed by atoms with Gasteiger partial charge >= 0.3 is 6.01 Å². The van der Waals surface area contributed by atoms with Gasteiger partial charge in [-0.05, 0) is 22.0 Å². The van der Waals surface area contributed by atoms with Crippen molar-refractivity contribution in [2.75, 3.05) is 19.5 Å². The lowest BCUT2D eigenvalue weighted by molar-refractivity contribution is 0.379. The number of nitrogens with one attached hydrogen (secondary N) is 1. The molecule has 2 heterocycles. The van der Waals surface area contributed by atoms with Gasteiger partial charge in [0.05, 0.1) is 17.8 Å². The average molecular weight is 285 g/mol. The Morgan fingerprint density at radius 2 is 2.19 bits per heavy atom. The molecule has 0 atom stereocenters. The molecule has 6 nitrogen and oxygen atoms in total. The summed E-state index contributed by atoms with van der Waals surface area (Å²) in [4.78, 5) is 12.3. The van der Waals surface area contributed by atoms with E-state index < -0.39 is 0 Å². The highest BCUT2D eigenvalue weighted by molar-refractivity contribution is 9.10. The van der Waals surface area contributed by atoms with E-state index in [1.165, 1.54) is 7.11 Å². The number of anilines is 1. The van der Waals surface area contributed by atoms with Crippen LogP contribution in [0.1, 0.15) is 0 Å². The molecule has 0 aliphatic heterocycles. The minimum Gasteiger partial charge on any atom is -0.467 e. The maximum atomic E-state index is 5.27. The summed E-state index contributed by atoms with van der Waals surface area (Å²) < 4.78 is 11.0. The molecular formula is C9H9BrN4O2. The summed E-state index contributed by atoms with van der Waals surface area (Å²) in [6, 6.07) is 2.00. The topological polar surface area (TPSA) is 73.1 Å². The quantitative estimate of drug-likeness (QED) is 0.929. The zero-order valence-electron chi connectivity index (χ0n) is 8.69. The highest BCUT2D eigenvalue weighted by atomic mass is 79.9. The van der Waals surface area contributed by atoms with Crippen molar-refractivity contribution in [3.63, 3.8) is 0 Å². The van der Waals surface area contributed by atoms with Crippen LogP contribution in [0.3, 0.4) is 0 Å². The molecule has 7 heteroatoms. The molecule has 0 fully saturated rings. The number of hydrogen-bond donors (Lipinski definition) is 1. The molecule has 0 saturated carbocycles. The standard InChI is InChI=1S/C9H9BrN4O2/c1-11-8-12-7(13-9(14-8)15-2)6-5(10)3-4-16-6/h3-4H,1-2H3,(H,11,12,13,14). The summed E-state index contributed by atoms with van der Waals surface area (Å²) in [5.74, 6) is 1.37. The lowest BCUT2D eigenvalue weighted by Gasteiger charge is -2.03. The van der Waals surface area contributed by atoms with Gasteiger partial charge in [0.15, 0.2) is 5.76 Å². The summed E-state index contributed by atoms with van der Waals surface area (Å²) in [6.45, 7) is 0. The van der Waals surface area contributed by atoms with Gasteiger partial charge in [-0.2, -0.15) is 15.0 Å². The Bertz CT molecular complexity index is 478. The number of ether oxygens (including phenoxy) is 1. The first-order valence-electron chi connectivity index (χ1n) is 4.45. The number of halogens is 1. The van der Waals surface area contributed by atoms with Crippen molar-refractivity contribution >= 4 is 21.9 Å². The molecule has 0 unspecified atom stereocenters. The van der Waals surface area contributed by atoms with Crippen molar-refractivity contribution in [1.29, 1.82) is 0 Å². The molecule has 2 aromatic rings. The van der Waals surface area contributed by atoms with Crippen LogP contribution in [0.5, 0.6) is 6.01 Å². The van der Waals surface area contributed by atoms with Gasteiger partial charge in [-0.15, -0.1) is 0 Å². The van der Waals surface area contributed by atoms with Gasteiger partial charge in [0, 0.05) is 7.05 Å². The number of hydrogen-bond acceptors (Lipinski definition) is 6. The van der Waals surface area contributed by atoms with Crippen LogP contribution in [-0.2, 0) is 0 Å². The fraction of sp³-hybridized carbons (Fsp3) is 0.222. The van der Waals surface area contributed by atoms with Crippen LogP contribution in [0, 0.1) is 0 Å². The lowest BCUT2D eigenvalue weighted by atomic mass is 10.4. The Labute approximate surface area is 100 Å². The van der Waals surface area contributed by atoms with Gasteiger partial charge < -0.3 is 14.5 Å². The third-order valence-corrected chi connectivity index (χ3v) is 2.47. The zero-order chi connectivity index (χ0) is 11.5. The third kappa shape index (κ3) is 1.99. The van der Waals surface area contributed by atoms with E-state index in [1.54, 1.807) is 19.4 Å². The first kappa shape index (κ1) is 10.9. The van der Waals surface area contributed by atoms with Crippen molar-refractivity contribution in [1.82, 2.24) is 15.0 Å². The normalized spacial score (nSPS) is 10.2. The Morgan fingerprint density at radius 1 is 1.38 bits per heavy atom. The first-order chi connectivity index (χ1) is 7.74. The smallest absolute Gasteiger partial charge is 0.321 e. The van der Waals surface area contributed by atoms with Crippen LogP contribution >= 0.6 is 15.9 Å². The SMILES string of the molecule is CNc1nc(OC)nc(-c2occc2Br)n1. The van der Waals surface area contributed by atoms with E-state index in [9.17, 15) is 0 Å². The Balaban J connectivity index is 2.52. The number of aromatic nitrogens is 3. The maximum absolute atomic E-state index is 5.27. The van der Waals surface area contributed by atoms with E-state index in [2.05, 4.69) is 36.2 Å². The molecule has 0 saturated heterocycles. The van der Waals surface area contributed by atoms with Crippen LogP contribution in [0.2, 0.25) is 0 Å². The minimum atomic E-state index is 0.234. The molecule has 0 spiro atoms. The molecule has 0 aliphatic carbocycles. The van der Waals surface area contributed by atoms with E-state index in [4.69, 9.17) is 9.15 Å². The average Bonchev–Trinajstić information content (AvgIpc) is 2.74. The Hall–Kier alpha value is -1.63. The van der Waals surface area contributed by atoms with Crippen LogP contribution in [0.25, 0.3) is 11.6 Å². The number of furan rings is 1. The second-order valence-electron chi connectivity index (χ2n) is 2.82. The van der Waals surface area contributed by atoms with E-state index >= 15 is 0 Å². The second-order valence-corrected chi connectivity index (χ2v) is 3.67. The number of rotatable bonds is 3. The van der Waals surface area contributed by atoms with Crippen LogP contribution in [0.4, 0.5) is 5.95 Å². The zero-order valence-corrected chi connectivity index (χ0v) is 10.3. The highest BCUT2D eigenvalue weighted by Crippen LogP contribution is 2.27. The van der Waals surface area contributed by atoms with Crippen molar-refractivity contribution in [2.24, 2.45) is 0 Å². The molecule has 0 aromatic carbocycles. The minimum absolute atomic E-state index is 0.234. The molecule has 84 valence electrons. The van der Waals surface area contributed by atoms with Crippen molar-refractivity contribution in [2.45, 2.75) is 0 Å². The number of nitrogens with zero attached hydrogens (tertiary/aromatic N) is 3.